The van der Waals surface area contributed by atoms with Crippen molar-refractivity contribution in [3.05, 3.63) is 6.92 Å². The fourth-order valence-electron chi connectivity index (χ4n) is 0.388. The van der Waals surface area contributed by atoms with Crippen molar-refractivity contribution in [2.45, 2.75) is 6.92 Å². The highest BCUT2D eigenvalue weighted by atomic mass is 16.2. The van der Waals surface area contributed by atoms with Gasteiger partial charge in [0.2, 0.25) is 0 Å². The molecule has 1 radical (unpaired) electrons. The van der Waals surface area contributed by atoms with Gasteiger partial charge in [-0.15, -0.1) is 0 Å². The molecule has 0 bridgehead atoms. The van der Waals surface area contributed by atoms with Crippen molar-refractivity contribution in [3.8, 4) is 0 Å². The van der Waals surface area contributed by atoms with E-state index in [0.29, 0.717) is 13.1 Å². The minimum atomic E-state index is -0.0625. The van der Waals surface area contributed by atoms with E-state index in [-0.39, 0.29) is 6.03 Å². The monoisotopic (exact) mass is 129 g/mol. The summed E-state index contributed by atoms with van der Waals surface area (Å²) in [5.41, 5.74) is 0. The van der Waals surface area contributed by atoms with Gasteiger partial charge in [0.05, 0.1) is 0 Å². The lowest BCUT2D eigenvalue weighted by atomic mass is 10.6. The van der Waals surface area contributed by atoms with Crippen LogP contribution in [0.25, 0.3) is 0 Å². The molecule has 0 rings (SSSR count). The Morgan fingerprint density at radius 1 is 1.78 bits per heavy atom. The van der Waals surface area contributed by atoms with Crippen LogP contribution in [0.4, 0.5) is 4.79 Å². The topological polar surface area (TPSA) is 32.3 Å². The summed E-state index contributed by atoms with van der Waals surface area (Å²) in [5, 5.41) is 2.64. The van der Waals surface area contributed by atoms with Gasteiger partial charge >= 0.3 is 6.03 Å². The fraction of sp³-hybridized carbons (Fsp3) is 0.667. The molecule has 1 N–H and O–H groups in total. The maximum Gasteiger partial charge on any atom is 0.317 e. The molecule has 0 heterocycles. The number of carbonyl (C=O) groups is 1. The molecule has 0 spiro atoms. The van der Waals surface area contributed by atoms with Crippen LogP contribution in [0, 0.1) is 6.92 Å². The Hall–Kier alpha value is -0.730. The van der Waals surface area contributed by atoms with Gasteiger partial charge in [-0.05, 0) is 13.8 Å². The van der Waals surface area contributed by atoms with Crippen molar-refractivity contribution < 1.29 is 4.79 Å². The molecular formula is C6H13N2O. The molecule has 0 aliphatic heterocycles. The number of rotatable bonds is 2. The second-order valence-electron chi connectivity index (χ2n) is 1.76. The van der Waals surface area contributed by atoms with Crippen molar-refractivity contribution in [3.63, 3.8) is 0 Å². The first-order valence-electron chi connectivity index (χ1n) is 3.00. The maximum absolute atomic E-state index is 10.7. The van der Waals surface area contributed by atoms with E-state index in [0.717, 1.165) is 0 Å². The number of nitrogens with one attached hydrogen (secondary N) is 1. The molecule has 3 heteroatoms. The van der Waals surface area contributed by atoms with Crippen LogP contribution in [0.5, 0.6) is 0 Å². The SMILES string of the molecule is [CH2]CN(C)C(=O)NCC. The standard InChI is InChI=1S/C6H13N2O/c1-4-7-6(9)8(3)5-2/h2,4-5H2,1,3H3,(H,7,9). The molecule has 9 heavy (non-hydrogen) atoms. The van der Waals surface area contributed by atoms with E-state index in [9.17, 15) is 4.79 Å². The second-order valence-corrected chi connectivity index (χ2v) is 1.76. The fourth-order valence-corrected chi connectivity index (χ4v) is 0.388. The number of carbonyl (C=O) groups excluding carboxylic acids is 1. The van der Waals surface area contributed by atoms with Crippen molar-refractivity contribution in [1.82, 2.24) is 10.2 Å². The van der Waals surface area contributed by atoms with Crippen molar-refractivity contribution in [2.24, 2.45) is 0 Å². The summed E-state index contributed by atoms with van der Waals surface area (Å²) < 4.78 is 0. The summed E-state index contributed by atoms with van der Waals surface area (Å²) in [4.78, 5) is 12.3. The average Bonchev–Trinajstić information content (AvgIpc) is 1.87. The van der Waals surface area contributed by atoms with Crippen LogP contribution in [0.3, 0.4) is 0 Å². The molecule has 0 aromatic carbocycles. The lowest BCUT2D eigenvalue weighted by molar-refractivity contribution is 0.213. The molecule has 2 amide bonds. The summed E-state index contributed by atoms with van der Waals surface area (Å²) >= 11 is 0. The predicted octanol–water partition coefficient (Wildman–Crippen LogP) is 0.482. The highest BCUT2D eigenvalue weighted by molar-refractivity contribution is 5.73. The third kappa shape index (κ3) is 2.95. The Kier molecular flexibility index (Phi) is 3.84. The molecule has 53 valence electrons. The number of hydrogen-bond acceptors (Lipinski definition) is 1. The van der Waals surface area contributed by atoms with Crippen LogP contribution < -0.4 is 5.32 Å². The Bertz CT molecular complexity index is 93.1. The Morgan fingerprint density at radius 3 is 2.67 bits per heavy atom. The van der Waals surface area contributed by atoms with Crippen LogP contribution in [0.1, 0.15) is 6.92 Å². The van der Waals surface area contributed by atoms with E-state index in [1.54, 1.807) is 7.05 Å². The van der Waals surface area contributed by atoms with Gasteiger partial charge in [0.25, 0.3) is 0 Å². The number of hydrogen-bond donors (Lipinski definition) is 1. The molecule has 0 aliphatic carbocycles. The summed E-state index contributed by atoms with van der Waals surface area (Å²) in [6.45, 7) is 6.61. The maximum atomic E-state index is 10.7. The highest BCUT2D eigenvalue weighted by Crippen LogP contribution is 1.79. The third-order valence-electron chi connectivity index (χ3n) is 1.01. The molecule has 3 nitrogen and oxygen atoms in total. The quantitative estimate of drug-likeness (QED) is 0.578. The Balaban J connectivity index is 3.46. The van der Waals surface area contributed by atoms with Crippen LogP contribution in [0.15, 0.2) is 0 Å². The minimum absolute atomic E-state index is 0.0625. The first kappa shape index (κ1) is 8.27. The van der Waals surface area contributed by atoms with Gasteiger partial charge in [-0.2, -0.15) is 0 Å². The Morgan fingerprint density at radius 2 is 2.33 bits per heavy atom. The first-order valence-corrected chi connectivity index (χ1v) is 3.00. The predicted molar refractivity (Wildman–Crippen MR) is 37.1 cm³/mol. The zero-order valence-corrected chi connectivity index (χ0v) is 5.98. The summed E-state index contributed by atoms with van der Waals surface area (Å²) in [5.74, 6) is 0. The van der Waals surface area contributed by atoms with Gasteiger partial charge in [0, 0.05) is 20.1 Å². The average molecular weight is 129 g/mol. The lowest BCUT2D eigenvalue weighted by Crippen LogP contribution is -2.36. The van der Waals surface area contributed by atoms with E-state index in [2.05, 4.69) is 12.2 Å². The van der Waals surface area contributed by atoms with Gasteiger partial charge in [-0.1, -0.05) is 0 Å². The van der Waals surface area contributed by atoms with E-state index < -0.39 is 0 Å². The molecule has 0 fully saturated rings. The third-order valence-corrected chi connectivity index (χ3v) is 1.01. The molecular weight excluding hydrogens is 116 g/mol. The van der Waals surface area contributed by atoms with Gasteiger partial charge in [0.1, 0.15) is 0 Å². The molecule has 0 saturated heterocycles. The van der Waals surface area contributed by atoms with Crippen LogP contribution in [-0.4, -0.2) is 31.1 Å². The van der Waals surface area contributed by atoms with Crippen molar-refractivity contribution in [2.75, 3.05) is 20.1 Å². The molecule has 0 unspecified atom stereocenters. The minimum Gasteiger partial charge on any atom is -0.338 e. The zero-order chi connectivity index (χ0) is 7.28. The van der Waals surface area contributed by atoms with Crippen LogP contribution >= 0.6 is 0 Å². The summed E-state index contributed by atoms with van der Waals surface area (Å²) in [7, 11) is 1.71. The molecule has 0 aromatic heterocycles. The number of amides is 2. The molecule has 0 atom stereocenters. The van der Waals surface area contributed by atoms with E-state index in [1.807, 2.05) is 6.92 Å². The zero-order valence-electron chi connectivity index (χ0n) is 5.98. The van der Waals surface area contributed by atoms with E-state index >= 15 is 0 Å². The van der Waals surface area contributed by atoms with Crippen LogP contribution in [-0.2, 0) is 0 Å². The number of urea groups is 1. The smallest absolute Gasteiger partial charge is 0.317 e. The number of nitrogens with zero attached hydrogens (tertiary/aromatic N) is 1. The molecule has 0 aromatic rings. The lowest BCUT2D eigenvalue weighted by Gasteiger charge is -2.13. The van der Waals surface area contributed by atoms with Crippen LogP contribution in [0.2, 0.25) is 0 Å². The van der Waals surface area contributed by atoms with E-state index in [1.165, 1.54) is 4.90 Å². The van der Waals surface area contributed by atoms with Gasteiger partial charge in [-0.3, -0.25) is 0 Å². The summed E-state index contributed by atoms with van der Waals surface area (Å²) in [6.07, 6.45) is 0. The van der Waals surface area contributed by atoms with Crippen molar-refractivity contribution in [1.29, 1.82) is 0 Å². The second kappa shape index (κ2) is 4.18. The molecule has 0 aliphatic rings. The largest absolute Gasteiger partial charge is 0.338 e. The normalized spacial score (nSPS) is 8.78. The van der Waals surface area contributed by atoms with Gasteiger partial charge in [0.15, 0.2) is 0 Å². The summed E-state index contributed by atoms with van der Waals surface area (Å²) in [6, 6.07) is -0.0625. The van der Waals surface area contributed by atoms with E-state index in [4.69, 9.17) is 0 Å². The van der Waals surface area contributed by atoms with Crippen molar-refractivity contribution >= 4 is 6.03 Å². The Labute approximate surface area is 56.0 Å². The first-order chi connectivity index (χ1) is 4.22. The highest BCUT2D eigenvalue weighted by Gasteiger charge is 2.01. The van der Waals surface area contributed by atoms with Gasteiger partial charge < -0.3 is 10.2 Å². The molecule has 0 saturated carbocycles. The van der Waals surface area contributed by atoms with Gasteiger partial charge in [-0.25, -0.2) is 4.79 Å².